The number of hydrogen-bond donors (Lipinski definition) is 1. The molecule has 5 heteroatoms. The molecule has 1 fully saturated rings. The van der Waals surface area contributed by atoms with Crippen LogP contribution in [0.15, 0.2) is 48.5 Å². The minimum absolute atomic E-state index is 0.0214. The summed E-state index contributed by atoms with van der Waals surface area (Å²) in [7, 11) is 0. The normalized spacial score (nSPS) is 14.4. The van der Waals surface area contributed by atoms with Gasteiger partial charge in [-0.05, 0) is 56.9 Å². The Balaban J connectivity index is 1.89. The first-order valence-corrected chi connectivity index (χ1v) is 11.1. The highest BCUT2D eigenvalue weighted by Gasteiger charge is 2.24. The second-order valence-electron chi connectivity index (χ2n) is 7.76. The van der Waals surface area contributed by atoms with Gasteiger partial charge in [0.2, 0.25) is 5.91 Å². The van der Waals surface area contributed by atoms with Crippen LogP contribution in [0.25, 0.3) is 0 Å². The van der Waals surface area contributed by atoms with Gasteiger partial charge in [0, 0.05) is 37.6 Å². The quantitative estimate of drug-likeness (QED) is 0.677. The molecule has 1 heterocycles. The third-order valence-corrected chi connectivity index (χ3v) is 5.92. The first-order chi connectivity index (χ1) is 14.6. The molecule has 5 nitrogen and oxygen atoms in total. The van der Waals surface area contributed by atoms with Gasteiger partial charge in [-0.2, -0.15) is 0 Å². The highest BCUT2D eigenvalue weighted by Crippen LogP contribution is 2.30. The summed E-state index contributed by atoms with van der Waals surface area (Å²) in [6, 6.07) is 15.6. The molecule has 0 radical (unpaired) electrons. The van der Waals surface area contributed by atoms with Crippen molar-refractivity contribution in [2.75, 3.05) is 36.4 Å². The summed E-state index contributed by atoms with van der Waals surface area (Å²) in [4.78, 5) is 30.3. The maximum atomic E-state index is 13.2. The van der Waals surface area contributed by atoms with E-state index < -0.39 is 0 Å². The van der Waals surface area contributed by atoms with Crippen LogP contribution >= 0.6 is 0 Å². The topological polar surface area (TPSA) is 52.7 Å². The van der Waals surface area contributed by atoms with Crippen molar-refractivity contribution < 1.29 is 9.59 Å². The third kappa shape index (κ3) is 4.84. The van der Waals surface area contributed by atoms with E-state index in [1.807, 2.05) is 74.2 Å². The molecular weight excluding hydrogens is 374 g/mol. The second-order valence-corrected chi connectivity index (χ2v) is 7.76. The van der Waals surface area contributed by atoms with Gasteiger partial charge < -0.3 is 15.1 Å². The Hall–Kier alpha value is -2.82. The summed E-state index contributed by atoms with van der Waals surface area (Å²) in [5.41, 5.74) is 3.32. The Morgan fingerprint density at radius 1 is 1.00 bits per heavy atom. The summed E-state index contributed by atoms with van der Waals surface area (Å²) in [5, 5.41) is 3.05. The molecule has 3 rings (SSSR count). The maximum absolute atomic E-state index is 13.2. The van der Waals surface area contributed by atoms with Crippen LogP contribution in [-0.2, 0) is 4.79 Å². The molecular formula is C25H33N3O2. The van der Waals surface area contributed by atoms with Crippen molar-refractivity contribution in [3.63, 3.8) is 0 Å². The Kier molecular flexibility index (Phi) is 7.50. The zero-order valence-corrected chi connectivity index (χ0v) is 18.4. The van der Waals surface area contributed by atoms with Gasteiger partial charge in [-0.25, -0.2) is 0 Å². The number of anilines is 2. The van der Waals surface area contributed by atoms with E-state index in [0.717, 1.165) is 37.2 Å². The molecule has 1 atom stereocenters. The summed E-state index contributed by atoms with van der Waals surface area (Å²) in [6.45, 7) is 9.27. The lowest BCUT2D eigenvalue weighted by Crippen LogP contribution is -2.32. The van der Waals surface area contributed by atoms with Crippen molar-refractivity contribution in [3.8, 4) is 0 Å². The van der Waals surface area contributed by atoms with E-state index in [0.29, 0.717) is 30.8 Å². The van der Waals surface area contributed by atoms with E-state index in [4.69, 9.17) is 0 Å². The Morgan fingerprint density at radius 2 is 1.67 bits per heavy atom. The molecule has 0 bridgehead atoms. The molecule has 2 aromatic rings. The lowest BCUT2D eigenvalue weighted by atomic mass is 9.95. The van der Waals surface area contributed by atoms with Crippen LogP contribution in [0.1, 0.15) is 61.9 Å². The highest BCUT2D eigenvalue weighted by molar-refractivity contribution is 6.03. The van der Waals surface area contributed by atoms with Crippen molar-refractivity contribution in [3.05, 3.63) is 59.7 Å². The van der Waals surface area contributed by atoms with Gasteiger partial charge in [0.1, 0.15) is 0 Å². The van der Waals surface area contributed by atoms with E-state index in [1.165, 1.54) is 0 Å². The molecule has 1 aliphatic rings. The van der Waals surface area contributed by atoms with E-state index >= 15 is 0 Å². The predicted octanol–water partition coefficient (Wildman–Crippen LogP) is 4.90. The summed E-state index contributed by atoms with van der Waals surface area (Å²) < 4.78 is 0. The van der Waals surface area contributed by atoms with Gasteiger partial charge in [0.15, 0.2) is 0 Å². The van der Waals surface area contributed by atoms with Gasteiger partial charge >= 0.3 is 0 Å². The van der Waals surface area contributed by atoms with Gasteiger partial charge in [-0.1, -0.05) is 37.3 Å². The van der Waals surface area contributed by atoms with Crippen molar-refractivity contribution in [2.24, 2.45) is 0 Å². The molecule has 0 unspecified atom stereocenters. The summed E-state index contributed by atoms with van der Waals surface area (Å²) in [6.07, 6.45) is 3.01. The van der Waals surface area contributed by atoms with Gasteiger partial charge in [-0.3, -0.25) is 9.59 Å². The van der Waals surface area contributed by atoms with E-state index in [2.05, 4.69) is 10.2 Å². The van der Waals surface area contributed by atoms with E-state index in [1.54, 1.807) is 0 Å². The van der Waals surface area contributed by atoms with E-state index in [9.17, 15) is 9.59 Å². The zero-order valence-electron chi connectivity index (χ0n) is 18.4. The van der Waals surface area contributed by atoms with Crippen LogP contribution in [0.2, 0.25) is 0 Å². The first-order valence-electron chi connectivity index (χ1n) is 11.1. The molecule has 0 aliphatic carbocycles. The molecule has 1 saturated heterocycles. The fraction of sp³-hybridized carbons (Fsp3) is 0.440. The summed E-state index contributed by atoms with van der Waals surface area (Å²) in [5.74, 6) is -0.238. The van der Waals surface area contributed by atoms with Crippen molar-refractivity contribution >= 4 is 23.2 Å². The van der Waals surface area contributed by atoms with E-state index in [-0.39, 0.29) is 17.7 Å². The molecule has 0 saturated carbocycles. The molecule has 2 aromatic carbocycles. The molecule has 1 aliphatic heterocycles. The van der Waals surface area contributed by atoms with Gasteiger partial charge in [0.25, 0.3) is 5.91 Å². The molecule has 0 spiro atoms. The summed E-state index contributed by atoms with van der Waals surface area (Å²) >= 11 is 0. The minimum atomic E-state index is -0.216. The van der Waals surface area contributed by atoms with Gasteiger partial charge in [0.05, 0.1) is 11.5 Å². The number of carbonyl (C=O) groups is 2. The largest absolute Gasteiger partial charge is 0.371 e. The number of nitrogens with one attached hydrogen (secondary N) is 1. The number of rotatable bonds is 8. The minimum Gasteiger partial charge on any atom is -0.371 e. The lowest BCUT2D eigenvalue weighted by Gasteiger charge is -2.26. The number of nitrogens with zero attached hydrogens (tertiary/aromatic N) is 2. The number of hydrogen-bond acceptors (Lipinski definition) is 3. The Bertz CT molecular complexity index is 856. The fourth-order valence-electron chi connectivity index (χ4n) is 4.19. The number of amides is 2. The number of carbonyl (C=O) groups excluding carboxylic acids is 2. The molecule has 0 aromatic heterocycles. The van der Waals surface area contributed by atoms with Crippen LogP contribution in [0.4, 0.5) is 11.4 Å². The van der Waals surface area contributed by atoms with Crippen molar-refractivity contribution in [1.29, 1.82) is 0 Å². The van der Waals surface area contributed by atoms with Crippen LogP contribution in [0.3, 0.4) is 0 Å². The number of benzene rings is 2. The van der Waals surface area contributed by atoms with Crippen LogP contribution in [0, 0.1) is 0 Å². The lowest BCUT2D eigenvalue weighted by molar-refractivity contribution is -0.117. The molecule has 30 heavy (non-hydrogen) atoms. The predicted molar refractivity (Wildman–Crippen MR) is 123 cm³/mol. The van der Waals surface area contributed by atoms with Crippen molar-refractivity contribution in [2.45, 2.75) is 46.0 Å². The van der Waals surface area contributed by atoms with Crippen molar-refractivity contribution in [1.82, 2.24) is 4.90 Å². The standard InChI is InChI=1S/C25H33N3O2/c1-4-21(19-12-8-7-9-13-19)24(29)26-20-14-15-23(28-16-10-11-17-28)22(18-20)25(30)27(5-2)6-3/h7-9,12-15,18,21H,4-6,10-11,16-17H2,1-3H3,(H,26,29)/t21-/m1/s1. The highest BCUT2D eigenvalue weighted by atomic mass is 16.2. The van der Waals surface area contributed by atoms with Crippen LogP contribution in [0.5, 0.6) is 0 Å². The third-order valence-electron chi connectivity index (χ3n) is 5.92. The SMILES string of the molecule is CC[C@@H](C(=O)Nc1ccc(N2CCCC2)c(C(=O)N(CC)CC)c1)c1ccccc1. The van der Waals surface area contributed by atoms with Crippen LogP contribution < -0.4 is 10.2 Å². The Labute approximate surface area is 180 Å². The zero-order chi connectivity index (χ0) is 21.5. The fourth-order valence-corrected chi connectivity index (χ4v) is 4.19. The molecule has 2 amide bonds. The molecule has 1 N–H and O–H groups in total. The average Bonchev–Trinajstić information content (AvgIpc) is 3.30. The smallest absolute Gasteiger partial charge is 0.256 e. The molecule has 160 valence electrons. The van der Waals surface area contributed by atoms with Crippen LogP contribution in [-0.4, -0.2) is 42.9 Å². The van der Waals surface area contributed by atoms with Gasteiger partial charge in [-0.15, -0.1) is 0 Å². The maximum Gasteiger partial charge on any atom is 0.256 e. The first kappa shape index (κ1) is 21.9. The second kappa shape index (κ2) is 10.3. The average molecular weight is 408 g/mol. The monoisotopic (exact) mass is 407 g/mol. The Morgan fingerprint density at radius 3 is 2.27 bits per heavy atom.